The Labute approximate surface area is 191 Å². The van der Waals surface area contributed by atoms with Gasteiger partial charge in [0.1, 0.15) is 17.4 Å². The third-order valence-electron chi connectivity index (χ3n) is 5.44. The van der Waals surface area contributed by atoms with Gasteiger partial charge in [0.05, 0.1) is 18.4 Å². The Morgan fingerprint density at radius 3 is 2.64 bits per heavy atom. The number of nitriles is 1. The number of pyridine rings is 2. The first kappa shape index (κ1) is 22.2. The zero-order valence-corrected chi connectivity index (χ0v) is 18.2. The normalized spacial score (nSPS) is 13.9. The summed E-state index contributed by atoms with van der Waals surface area (Å²) in [5.41, 5.74) is 2.15. The topological polar surface area (TPSA) is 94.4 Å². The molecule has 4 rings (SSSR count). The third-order valence-corrected chi connectivity index (χ3v) is 5.44. The minimum atomic E-state index is -0.395. The number of carbonyl (C=O) groups excluding carboxylic acids is 1. The van der Waals surface area contributed by atoms with E-state index in [-0.39, 0.29) is 17.3 Å². The number of nitrogens with zero attached hydrogens (tertiary/aromatic N) is 5. The average molecular weight is 446 g/mol. The summed E-state index contributed by atoms with van der Waals surface area (Å²) < 4.78 is 18.3. The van der Waals surface area contributed by atoms with Gasteiger partial charge in [-0.05, 0) is 35.9 Å². The van der Waals surface area contributed by atoms with E-state index in [0.717, 1.165) is 25.2 Å². The summed E-state index contributed by atoms with van der Waals surface area (Å²) in [6.07, 6.45) is 3.05. The molecule has 0 bridgehead atoms. The first-order valence-corrected chi connectivity index (χ1v) is 10.5. The SMILES string of the molecule is COc1ncccc1C(=O)Nc1cc(C#N)cnc1N1CCN(Cc2ccc(F)cc2)CC1. The van der Waals surface area contributed by atoms with Crippen molar-refractivity contribution in [1.29, 1.82) is 5.26 Å². The predicted molar refractivity (Wildman–Crippen MR) is 122 cm³/mol. The number of halogens is 1. The van der Waals surface area contributed by atoms with Crippen molar-refractivity contribution in [1.82, 2.24) is 14.9 Å². The lowest BCUT2D eigenvalue weighted by Crippen LogP contribution is -2.46. The van der Waals surface area contributed by atoms with Crippen LogP contribution in [0.2, 0.25) is 0 Å². The molecule has 0 spiro atoms. The van der Waals surface area contributed by atoms with E-state index in [9.17, 15) is 14.4 Å². The van der Waals surface area contributed by atoms with Crippen LogP contribution in [0.25, 0.3) is 0 Å². The number of hydrogen-bond acceptors (Lipinski definition) is 7. The Hall–Kier alpha value is -4.03. The van der Waals surface area contributed by atoms with Crippen LogP contribution in [-0.4, -0.2) is 54.1 Å². The van der Waals surface area contributed by atoms with E-state index in [2.05, 4.69) is 31.2 Å². The quantitative estimate of drug-likeness (QED) is 0.622. The van der Waals surface area contributed by atoms with Crippen molar-refractivity contribution in [2.75, 3.05) is 43.5 Å². The van der Waals surface area contributed by atoms with Crippen molar-refractivity contribution in [3.05, 3.63) is 77.4 Å². The van der Waals surface area contributed by atoms with Crippen molar-refractivity contribution in [3.8, 4) is 11.9 Å². The maximum atomic E-state index is 13.1. The fourth-order valence-corrected chi connectivity index (χ4v) is 3.74. The van der Waals surface area contributed by atoms with Crippen molar-refractivity contribution in [2.45, 2.75) is 6.54 Å². The lowest BCUT2D eigenvalue weighted by molar-refractivity contribution is 0.102. The summed E-state index contributed by atoms with van der Waals surface area (Å²) in [5, 5.41) is 12.2. The van der Waals surface area contributed by atoms with E-state index in [0.29, 0.717) is 30.2 Å². The van der Waals surface area contributed by atoms with Crippen LogP contribution in [-0.2, 0) is 6.54 Å². The molecule has 8 nitrogen and oxygen atoms in total. The molecule has 168 valence electrons. The molecule has 0 atom stereocenters. The van der Waals surface area contributed by atoms with Crippen LogP contribution in [0.1, 0.15) is 21.5 Å². The molecule has 1 N–H and O–H groups in total. The molecule has 1 fully saturated rings. The molecule has 9 heteroatoms. The Bertz CT molecular complexity index is 1170. The maximum Gasteiger partial charge on any atom is 0.261 e. The van der Waals surface area contributed by atoms with Gasteiger partial charge >= 0.3 is 0 Å². The van der Waals surface area contributed by atoms with E-state index < -0.39 is 5.91 Å². The van der Waals surface area contributed by atoms with Gasteiger partial charge in [0.2, 0.25) is 5.88 Å². The summed E-state index contributed by atoms with van der Waals surface area (Å²) in [6.45, 7) is 3.68. The van der Waals surface area contributed by atoms with E-state index >= 15 is 0 Å². The first-order valence-electron chi connectivity index (χ1n) is 10.5. The van der Waals surface area contributed by atoms with Gasteiger partial charge in [0.25, 0.3) is 5.91 Å². The second-order valence-corrected chi connectivity index (χ2v) is 7.61. The van der Waals surface area contributed by atoms with Gasteiger partial charge in [-0.25, -0.2) is 14.4 Å². The second-order valence-electron chi connectivity index (χ2n) is 7.61. The van der Waals surface area contributed by atoms with Crippen LogP contribution in [0.5, 0.6) is 5.88 Å². The number of amides is 1. The Morgan fingerprint density at radius 1 is 1.18 bits per heavy atom. The van der Waals surface area contributed by atoms with Gasteiger partial charge in [-0.3, -0.25) is 9.69 Å². The standard InChI is InChI=1S/C24H23FN6O2/c1-33-24-20(3-2-8-27-24)23(32)29-21-13-18(14-26)15-28-22(21)31-11-9-30(10-12-31)16-17-4-6-19(25)7-5-17/h2-8,13,15H,9-12,16H2,1H3,(H,29,32). The highest BCUT2D eigenvalue weighted by Gasteiger charge is 2.23. The molecule has 0 radical (unpaired) electrons. The largest absolute Gasteiger partial charge is 0.480 e. The van der Waals surface area contributed by atoms with Gasteiger partial charge in [-0.15, -0.1) is 0 Å². The average Bonchev–Trinajstić information content (AvgIpc) is 2.86. The summed E-state index contributed by atoms with van der Waals surface area (Å²) in [7, 11) is 1.45. The fraction of sp³-hybridized carbons (Fsp3) is 0.250. The van der Waals surface area contributed by atoms with E-state index in [4.69, 9.17) is 4.74 Å². The van der Waals surface area contributed by atoms with E-state index in [1.165, 1.54) is 25.4 Å². The van der Waals surface area contributed by atoms with Crippen LogP contribution in [0.3, 0.4) is 0 Å². The van der Waals surface area contributed by atoms with Crippen LogP contribution < -0.4 is 15.0 Å². The van der Waals surface area contributed by atoms with E-state index in [1.54, 1.807) is 36.5 Å². The summed E-state index contributed by atoms with van der Waals surface area (Å²) >= 11 is 0. The number of piperazine rings is 1. The highest BCUT2D eigenvalue weighted by molar-refractivity contribution is 6.07. The number of hydrogen-bond donors (Lipinski definition) is 1. The van der Waals surface area contributed by atoms with Gasteiger partial charge in [-0.1, -0.05) is 12.1 Å². The smallest absolute Gasteiger partial charge is 0.261 e. The van der Waals surface area contributed by atoms with Crippen LogP contribution >= 0.6 is 0 Å². The monoisotopic (exact) mass is 446 g/mol. The molecule has 33 heavy (non-hydrogen) atoms. The van der Waals surface area contributed by atoms with E-state index in [1.807, 2.05) is 0 Å². The molecule has 3 aromatic rings. The first-order chi connectivity index (χ1) is 16.1. The van der Waals surface area contributed by atoms with Crippen molar-refractivity contribution in [3.63, 3.8) is 0 Å². The Balaban J connectivity index is 1.48. The number of benzene rings is 1. The summed E-state index contributed by atoms with van der Waals surface area (Å²) in [5.74, 6) is 0.184. The summed E-state index contributed by atoms with van der Waals surface area (Å²) in [6, 6.07) is 13.5. The molecular weight excluding hydrogens is 423 g/mol. The minimum Gasteiger partial charge on any atom is -0.480 e. The van der Waals surface area contributed by atoms with Gasteiger partial charge in [-0.2, -0.15) is 5.26 Å². The molecule has 2 aromatic heterocycles. The molecule has 1 aliphatic heterocycles. The number of nitrogens with one attached hydrogen (secondary N) is 1. The zero-order chi connectivity index (χ0) is 23.2. The van der Waals surface area contributed by atoms with Crippen molar-refractivity contribution < 1.29 is 13.9 Å². The van der Waals surface area contributed by atoms with Gasteiger partial charge in [0, 0.05) is 45.1 Å². The number of ether oxygens (including phenoxy) is 1. The van der Waals surface area contributed by atoms with Gasteiger partial charge in [0.15, 0.2) is 5.82 Å². The summed E-state index contributed by atoms with van der Waals surface area (Å²) in [4.78, 5) is 25.8. The van der Waals surface area contributed by atoms with Crippen LogP contribution in [0, 0.1) is 17.1 Å². The van der Waals surface area contributed by atoms with Gasteiger partial charge < -0.3 is 15.0 Å². The lowest BCUT2D eigenvalue weighted by Gasteiger charge is -2.36. The highest BCUT2D eigenvalue weighted by atomic mass is 19.1. The zero-order valence-electron chi connectivity index (χ0n) is 18.2. The molecule has 1 aliphatic rings. The van der Waals surface area contributed by atoms with Crippen molar-refractivity contribution >= 4 is 17.4 Å². The highest BCUT2D eigenvalue weighted by Crippen LogP contribution is 2.27. The number of rotatable bonds is 6. The molecule has 0 saturated carbocycles. The fourth-order valence-electron chi connectivity index (χ4n) is 3.74. The molecule has 1 amide bonds. The minimum absolute atomic E-state index is 0.218. The van der Waals surface area contributed by atoms with Crippen LogP contribution in [0.4, 0.5) is 15.9 Å². The molecule has 0 unspecified atom stereocenters. The Kier molecular flexibility index (Phi) is 6.76. The van der Waals surface area contributed by atoms with Crippen molar-refractivity contribution in [2.24, 2.45) is 0 Å². The number of carbonyl (C=O) groups is 1. The maximum absolute atomic E-state index is 13.1. The Morgan fingerprint density at radius 2 is 1.94 bits per heavy atom. The predicted octanol–water partition coefficient (Wildman–Crippen LogP) is 3.07. The number of methoxy groups -OCH3 is 1. The third kappa shape index (κ3) is 5.25. The molecular formula is C24H23FN6O2. The molecule has 1 aromatic carbocycles. The molecule has 0 aliphatic carbocycles. The van der Waals surface area contributed by atoms with Crippen LogP contribution in [0.15, 0.2) is 54.9 Å². The lowest BCUT2D eigenvalue weighted by atomic mass is 10.2. The number of aromatic nitrogens is 2. The second kappa shape index (κ2) is 10.1. The molecule has 3 heterocycles. The molecule has 1 saturated heterocycles. The number of anilines is 2.